The van der Waals surface area contributed by atoms with Gasteiger partial charge in [-0.2, -0.15) is 4.98 Å². The molecular weight excluding hydrogens is 428 g/mol. The molecule has 0 spiro atoms. The molecule has 0 bridgehead atoms. The van der Waals surface area contributed by atoms with E-state index in [9.17, 15) is 18.7 Å². The van der Waals surface area contributed by atoms with Gasteiger partial charge in [-0.3, -0.25) is 4.98 Å². The molecule has 0 aromatic carbocycles. The third kappa shape index (κ3) is 3.98. The van der Waals surface area contributed by atoms with E-state index in [1.807, 2.05) is 0 Å². The second-order valence-electron chi connectivity index (χ2n) is 6.01. The molecule has 1 saturated heterocycles. The average Bonchev–Trinajstić information content (AvgIpc) is 2.98. The van der Waals surface area contributed by atoms with Crippen LogP contribution in [0.25, 0.3) is 0 Å². The van der Waals surface area contributed by atoms with E-state index in [-0.39, 0.29) is 24.1 Å². The Balaban J connectivity index is 1.88. The topological polar surface area (TPSA) is 100 Å². The monoisotopic (exact) mass is 443 g/mol. The van der Waals surface area contributed by atoms with Crippen molar-refractivity contribution in [2.75, 3.05) is 16.8 Å². The molecule has 27 heavy (non-hydrogen) atoms. The van der Waals surface area contributed by atoms with Gasteiger partial charge in [0.25, 0.3) is 0 Å². The van der Waals surface area contributed by atoms with E-state index >= 15 is 0 Å². The summed E-state index contributed by atoms with van der Waals surface area (Å²) < 4.78 is 33.7. The van der Waals surface area contributed by atoms with Gasteiger partial charge in [-0.05, 0) is 35.8 Å². The molecule has 2 N–H and O–H groups in total. The van der Waals surface area contributed by atoms with Crippen LogP contribution in [-0.4, -0.2) is 44.9 Å². The molecule has 0 saturated carbocycles. The van der Waals surface area contributed by atoms with Crippen LogP contribution in [0.15, 0.2) is 22.9 Å². The molecule has 0 unspecified atom stereocenters. The van der Waals surface area contributed by atoms with Gasteiger partial charge in [0.1, 0.15) is 18.5 Å². The molecule has 11 heteroatoms. The Morgan fingerprint density at radius 2 is 2.07 bits per heavy atom. The predicted octanol–water partition coefficient (Wildman–Crippen LogP) is 2.79. The molecule has 2 aromatic rings. The van der Waals surface area contributed by atoms with Gasteiger partial charge in [-0.25, -0.2) is 23.5 Å². The van der Waals surface area contributed by atoms with Crippen molar-refractivity contribution in [1.82, 2.24) is 15.0 Å². The standard InChI is InChI=1S/C16H16BrF2N5O3/c1-7(13-10(18)3-9(17)4-20-13)22-15-21-5-11(19)14(23-15)24-12(8(2)25)6-27-16(24)26/h3-5,7-8,12,25H,6H2,1-2H3,(H,21,22,23)/t7-,8-,12-/m1/s1. The van der Waals surface area contributed by atoms with E-state index in [1.54, 1.807) is 6.92 Å². The lowest BCUT2D eigenvalue weighted by molar-refractivity contribution is 0.142. The van der Waals surface area contributed by atoms with Gasteiger partial charge in [0, 0.05) is 10.7 Å². The zero-order valence-corrected chi connectivity index (χ0v) is 15.9. The zero-order valence-electron chi connectivity index (χ0n) is 14.4. The Morgan fingerprint density at radius 1 is 1.33 bits per heavy atom. The van der Waals surface area contributed by atoms with Crippen molar-refractivity contribution >= 4 is 33.8 Å². The Hall–Kier alpha value is -2.40. The van der Waals surface area contributed by atoms with E-state index in [0.717, 1.165) is 11.1 Å². The van der Waals surface area contributed by atoms with Crippen LogP contribution < -0.4 is 10.2 Å². The fraction of sp³-hybridized carbons (Fsp3) is 0.375. The normalized spacial score (nSPS) is 19.0. The number of nitrogens with one attached hydrogen (secondary N) is 1. The fourth-order valence-electron chi connectivity index (χ4n) is 2.64. The van der Waals surface area contributed by atoms with Crippen LogP contribution in [0.2, 0.25) is 0 Å². The van der Waals surface area contributed by atoms with Gasteiger partial charge in [0.15, 0.2) is 11.6 Å². The van der Waals surface area contributed by atoms with Crippen molar-refractivity contribution in [3.8, 4) is 0 Å². The Bertz CT molecular complexity index is 870. The highest BCUT2D eigenvalue weighted by atomic mass is 79.9. The van der Waals surface area contributed by atoms with E-state index in [4.69, 9.17) is 4.74 Å². The number of aliphatic hydroxyl groups excluding tert-OH is 1. The molecule has 1 aliphatic rings. The molecule has 0 radical (unpaired) electrons. The minimum atomic E-state index is -0.956. The van der Waals surface area contributed by atoms with Crippen LogP contribution in [0.1, 0.15) is 25.6 Å². The zero-order chi connectivity index (χ0) is 19.7. The van der Waals surface area contributed by atoms with Gasteiger partial charge in [-0.15, -0.1) is 0 Å². The Labute approximate surface area is 161 Å². The number of anilines is 2. The van der Waals surface area contributed by atoms with Crippen LogP contribution in [-0.2, 0) is 4.74 Å². The molecule has 144 valence electrons. The molecule has 3 rings (SSSR count). The largest absolute Gasteiger partial charge is 0.447 e. The summed E-state index contributed by atoms with van der Waals surface area (Å²) in [7, 11) is 0. The number of carbonyl (C=O) groups is 1. The number of pyridine rings is 1. The SMILES string of the molecule is C[C@@H](Nc1ncc(F)c(N2C(=O)OC[C@@H]2[C@@H](C)O)n1)c1ncc(Br)cc1F. The number of amides is 1. The van der Waals surface area contributed by atoms with Crippen LogP contribution in [0.5, 0.6) is 0 Å². The summed E-state index contributed by atoms with van der Waals surface area (Å²) in [6.45, 7) is 3.00. The number of ether oxygens (including phenoxy) is 1. The lowest BCUT2D eigenvalue weighted by Crippen LogP contribution is -2.42. The van der Waals surface area contributed by atoms with E-state index in [2.05, 4.69) is 36.2 Å². The number of aliphatic hydroxyl groups is 1. The first-order valence-electron chi connectivity index (χ1n) is 8.02. The minimum absolute atomic E-state index is 0.0351. The quantitative estimate of drug-likeness (QED) is 0.732. The summed E-state index contributed by atoms with van der Waals surface area (Å²) in [6.07, 6.45) is 0.550. The van der Waals surface area contributed by atoms with Crippen LogP contribution >= 0.6 is 15.9 Å². The number of halogens is 3. The summed E-state index contributed by atoms with van der Waals surface area (Å²) in [5, 5.41) is 12.6. The van der Waals surface area contributed by atoms with Crippen molar-refractivity contribution in [1.29, 1.82) is 0 Å². The highest BCUT2D eigenvalue weighted by Gasteiger charge is 2.39. The van der Waals surface area contributed by atoms with Crippen molar-refractivity contribution < 1.29 is 23.4 Å². The number of aromatic nitrogens is 3. The van der Waals surface area contributed by atoms with Crippen LogP contribution in [0, 0.1) is 11.6 Å². The summed E-state index contributed by atoms with van der Waals surface area (Å²) >= 11 is 3.13. The lowest BCUT2D eigenvalue weighted by Gasteiger charge is -2.23. The van der Waals surface area contributed by atoms with Gasteiger partial charge >= 0.3 is 6.09 Å². The first kappa shape index (κ1) is 19.4. The molecule has 1 aliphatic heterocycles. The summed E-state index contributed by atoms with van der Waals surface area (Å²) in [6, 6.07) is -0.141. The second-order valence-corrected chi connectivity index (χ2v) is 6.92. The summed E-state index contributed by atoms with van der Waals surface area (Å²) in [5.41, 5.74) is 0.120. The predicted molar refractivity (Wildman–Crippen MR) is 95.2 cm³/mol. The fourth-order valence-corrected chi connectivity index (χ4v) is 2.94. The van der Waals surface area contributed by atoms with Gasteiger partial charge < -0.3 is 15.2 Å². The van der Waals surface area contributed by atoms with Crippen molar-refractivity contribution in [3.63, 3.8) is 0 Å². The van der Waals surface area contributed by atoms with Gasteiger partial charge in [0.2, 0.25) is 5.95 Å². The van der Waals surface area contributed by atoms with Crippen LogP contribution in [0.3, 0.4) is 0 Å². The molecule has 1 amide bonds. The molecule has 0 aliphatic carbocycles. The smallest absolute Gasteiger partial charge is 0.416 e. The van der Waals surface area contributed by atoms with E-state index < -0.39 is 35.9 Å². The number of hydrogen-bond donors (Lipinski definition) is 2. The molecule has 2 aromatic heterocycles. The summed E-state index contributed by atoms with van der Waals surface area (Å²) in [4.78, 5) is 24.7. The van der Waals surface area contributed by atoms with Crippen LogP contribution in [0.4, 0.5) is 25.3 Å². The number of nitrogens with zero attached hydrogens (tertiary/aromatic N) is 4. The molecule has 3 atom stereocenters. The average molecular weight is 444 g/mol. The molecule has 1 fully saturated rings. The lowest BCUT2D eigenvalue weighted by atomic mass is 10.2. The number of carbonyl (C=O) groups excluding carboxylic acids is 1. The molecular formula is C16H16BrF2N5O3. The maximum absolute atomic E-state index is 14.2. The molecule has 8 nitrogen and oxygen atoms in total. The second kappa shape index (κ2) is 7.69. The highest BCUT2D eigenvalue weighted by Crippen LogP contribution is 2.27. The van der Waals surface area contributed by atoms with Crippen molar-refractivity contribution in [2.45, 2.75) is 32.0 Å². The number of cyclic esters (lactones) is 1. The third-order valence-electron chi connectivity index (χ3n) is 4.01. The van der Waals surface area contributed by atoms with Crippen molar-refractivity contribution in [2.24, 2.45) is 0 Å². The number of hydrogen-bond acceptors (Lipinski definition) is 7. The van der Waals surface area contributed by atoms with E-state index in [1.165, 1.54) is 19.2 Å². The third-order valence-corrected chi connectivity index (χ3v) is 4.44. The minimum Gasteiger partial charge on any atom is -0.447 e. The first-order valence-corrected chi connectivity index (χ1v) is 8.81. The van der Waals surface area contributed by atoms with Gasteiger partial charge in [-0.1, -0.05) is 0 Å². The maximum Gasteiger partial charge on any atom is 0.416 e. The number of rotatable bonds is 5. The Morgan fingerprint density at radius 3 is 2.74 bits per heavy atom. The summed E-state index contributed by atoms with van der Waals surface area (Å²) in [5.74, 6) is -1.76. The van der Waals surface area contributed by atoms with Crippen molar-refractivity contribution in [3.05, 3.63) is 40.3 Å². The van der Waals surface area contributed by atoms with E-state index in [0.29, 0.717) is 4.47 Å². The first-order chi connectivity index (χ1) is 12.8. The molecule has 3 heterocycles. The maximum atomic E-state index is 14.2. The highest BCUT2D eigenvalue weighted by molar-refractivity contribution is 9.10. The van der Waals surface area contributed by atoms with Gasteiger partial charge in [0.05, 0.1) is 24.0 Å². The Kier molecular flexibility index (Phi) is 5.51.